The predicted octanol–water partition coefficient (Wildman–Crippen LogP) is 5.06. The van der Waals surface area contributed by atoms with Crippen LogP contribution in [-0.4, -0.2) is 50.5 Å². The van der Waals surface area contributed by atoms with Crippen LogP contribution in [0.1, 0.15) is 36.4 Å². The van der Waals surface area contributed by atoms with E-state index in [2.05, 4.69) is 16.4 Å². The molecular weight excluding hydrogens is 496 g/mol. The summed E-state index contributed by atoms with van der Waals surface area (Å²) in [5, 5.41) is 23.2. The molecule has 194 valence electrons. The molecule has 1 unspecified atom stereocenters. The molecule has 38 heavy (non-hydrogen) atoms. The Morgan fingerprint density at radius 2 is 1.66 bits per heavy atom. The third-order valence-electron chi connectivity index (χ3n) is 7.13. The number of hydrogen-bond donors (Lipinski definition) is 2. The quantitative estimate of drug-likeness (QED) is 0.318. The highest BCUT2D eigenvalue weighted by Crippen LogP contribution is 2.37. The maximum Gasteiger partial charge on any atom is 0.255 e. The fraction of sp³-hybridized carbons (Fsp3) is 0.258. The third kappa shape index (κ3) is 5.60. The molecule has 0 radical (unpaired) electrons. The lowest BCUT2D eigenvalue weighted by atomic mass is 9.98. The van der Waals surface area contributed by atoms with Gasteiger partial charge in [0.1, 0.15) is 6.10 Å². The van der Waals surface area contributed by atoms with Gasteiger partial charge in [0.15, 0.2) is 11.9 Å². The first kappa shape index (κ1) is 26.0. The maximum absolute atomic E-state index is 13.0. The van der Waals surface area contributed by atoms with Gasteiger partial charge in [0, 0.05) is 35.8 Å². The number of pyridine rings is 1. The number of aliphatic hydroxyl groups excluding tert-OH is 2. The van der Waals surface area contributed by atoms with Gasteiger partial charge in [-0.25, -0.2) is 0 Å². The summed E-state index contributed by atoms with van der Waals surface area (Å²) in [6.45, 7) is 0.496. The molecule has 5 rings (SSSR count). The number of nitrogens with zero attached hydrogens (tertiary/aromatic N) is 2. The normalized spacial score (nSPS) is 16.8. The van der Waals surface area contributed by atoms with Gasteiger partial charge in [-0.3, -0.25) is 14.6 Å². The van der Waals surface area contributed by atoms with Gasteiger partial charge < -0.3 is 15.1 Å². The van der Waals surface area contributed by atoms with Gasteiger partial charge in [0.25, 0.3) is 5.91 Å². The number of ketones is 1. The molecule has 1 fully saturated rings. The number of thiophene rings is 1. The van der Waals surface area contributed by atoms with Gasteiger partial charge in [-0.15, -0.1) is 11.3 Å². The molecule has 0 bridgehead atoms. The van der Waals surface area contributed by atoms with Crippen molar-refractivity contribution in [1.82, 2.24) is 9.88 Å². The molecule has 2 aromatic carbocycles. The highest BCUT2D eigenvalue weighted by Gasteiger charge is 2.38. The number of rotatable bonds is 9. The minimum atomic E-state index is -1.76. The Morgan fingerprint density at radius 1 is 0.921 bits per heavy atom. The van der Waals surface area contributed by atoms with Crippen LogP contribution in [0.2, 0.25) is 0 Å². The van der Waals surface area contributed by atoms with E-state index < -0.39 is 23.9 Å². The standard InChI is InChI=1S/C31H30N2O4S/c34-27(28(35)29(36)31(37)33-19-4-7-26(33)23-5-2-1-3-6-23)13-10-21-8-11-24(12-9-21)30-25(16-20-38-30)22-14-17-32-18-15-22/h1-3,5-6,8-9,11-12,14-18,20,26,28-29,35-36H,4,7,10,13,19H2/t26?,28-,29+/m0/s1. The molecule has 0 aliphatic carbocycles. The minimum Gasteiger partial charge on any atom is -0.382 e. The summed E-state index contributed by atoms with van der Waals surface area (Å²) < 4.78 is 0. The Morgan fingerprint density at radius 3 is 2.39 bits per heavy atom. The van der Waals surface area contributed by atoms with Crippen LogP contribution in [0.3, 0.4) is 0 Å². The second kappa shape index (κ2) is 11.8. The number of carbonyl (C=O) groups excluding carboxylic acids is 2. The lowest BCUT2D eigenvalue weighted by molar-refractivity contribution is -0.153. The molecule has 0 saturated carbocycles. The first-order valence-corrected chi connectivity index (χ1v) is 13.7. The van der Waals surface area contributed by atoms with Crippen LogP contribution in [0.5, 0.6) is 0 Å². The summed E-state index contributed by atoms with van der Waals surface area (Å²) in [6.07, 6.45) is 2.10. The fourth-order valence-corrected chi connectivity index (χ4v) is 5.99. The van der Waals surface area contributed by atoms with Crippen molar-refractivity contribution in [3.8, 4) is 21.6 Å². The van der Waals surface area contributed by atoms with E-state index >= 15 is 0 Å². The molecule has 2 aromatic heterocycles. The average molecular weight is 527 g/mol. The number of Topliss-reactive ketones (excluding diaryl/α,β-unsaturated/α-hetero) is 1. The van der Waals surface area contributed by atoms with Crippen molar-refractivity contribution in [3.63, 3.8) is 0 Å². The Balaban J connectivity index is 1.18. The van der Waals surface area contributed by atoms with Crippen molar-refractivity contribution in [2.75, 3.05) is 6.54 Å². The second-order valence-electron chi connectivity index (χ2n) is 9.55. The molecule has 1 amide bonds. The van der Waals surface area contributed by atoms with E-state index in [0.29, 0.717) is 13.0 Å². The lowest BCUT2D eigenvalue weighted by Gasteiger charge is -2.28. The molecule has 6 nitrogen and oxygen atoms in total. The van der Waals surface area contributed by atoms with E-state index in [1.165, 1.54) is 0 Å². The van der Waals surface area contributed by atoms with Crippen molar-refractivity contribution in [1.29, 1.82) is 0 Å². The first-order chi connectivity index (χ1) is 18.5. The second-order valence-corrected chi connectivity index (χ2v) is 10.5. The predicted molar refractivity (Wildman–Crippen MR) is 148 cm³/mol. The van der Waals surface area contributed by atoms with Crippen LogP contribution in [0.15, 0.2) is 90.6 Å². The van der Waals surface area contributed by atoms with Gasteiger partial charge in [-0.2, -0.15) is 0 Å². The number of carbonyl (C=O) groups is 2. The highest BCUT2D eigenvalue weighted by atomic mass is 32.1. The van der Waals surface area contributed by atoms with Gasteiger partial charge in [0.2, 0.25) is 0 Å². The Labute approximate surface area is 226 Å². The topological polar surface area (TPSA) is 90.7 Å². The number of aromatic nitrogens is 1. The fourth-order valence-electron chi connectivity index (χ4n) is 5.06. The molecule has 1 saturated heterocycles. The van der Waals surface area contributed by atoms with E-state index in [1.54, 1.807) is 28.6 Å². The summed E-state index contributed by atoms with van der Waals surface area (Å²) in [5.74, 6) is -1.13. The maximum atomic E-state index is 13.0. The Hall–Kier alpha value is -3.65. The zero-order chi connectivity index (χ0) is 26.5. The molecule has 0 spiro atoms. The number of benzene rings is 2. The van der Waals surface area contributed by atoms with Crippen molar-refractivity contribution < 1.29 is 19.8 Å². The molecule has 1 aliphatic heterocycles. The summed E-state index contributed by atoms with van der Waals surface area (Å²) in [5.41, 5.74) is 5.28. The number of hydrogen-bond acceptors (Lipinski definition) is 6. The van der Waals surface area contributed by atoms with Gasteiger partial charge >= 0.3 is 0 Å². The van der Waals surface area contributed by atoms with Gasteiger partial charge in [-0.1, -0.05) is 54.6 Å². The lowest BCUT2D eigenvalue weighted by Crippen LogP contribution is -2.47. The summed E-state index contributed by atoms with van der Waals surface area (Å²) in [4.78, 5) is 32.5. The summed E-state index contributed by atoms with van der Waals surface area (Å²) >= 11 is 1.67. The first-order valence-electron chi connectivity index (χ1n) is 12.8. The van der Waals surface area contributed by atoms with Crippen molar-refractivity contribution >= 4 is 23.0 Å². The molecule has 3 heterocycles. The smallest absolute Gasteiger partial charge is 0.255 e. The summed E-state index contributed by atoms with van der Waals surface area (Å²) in [7, 11) is 0. The Kier molecular flexibility index (Phi) is 8.08. The van der Waals surface area contributed by atoms with E-state index in [1.807, 2.05) is 66.7 Å². The summed E-state index contributed by atoms with van der Waals surface area (Å²) in [6, 6.07) is 23.6. The van der Waals surface area contributed by atoms with E-state index in [0.717, 1.165) is 45.5 Å². The molecular formula is C31H30N2O4S. The molecule has 4 aromatic rings. The molecule has 1 aliphatic rings. The van der Waals surface area contributed by atoms with E-state index in [9.17, 15) is 19.8 Å². The number of aliphatic hydroxyl groups is 2. The average Bonchev–Trinajstić information content (AvgIpc) is 3.66. The van der Waals surface area contributed by atoms with E-state index in [4.69, 9.17) is 0 Å². The Bertz CT molecular complexity index is 1370. The zero-order valence-electron chi connectivity index (χ0n) is 20.9. The zero-order valence-corrected chi connectivity index (χ0v) is 21.8. The highest BCUT2D eigenvalue weighted by molar-refractivity contribution is 7.14. The van der Waals surface area contributed by atoms with Crippen molar-refractivity contribution in [3.05, 3.63) is 102 Å². The van der Waals surface area contributed by atoms with Crippen LogP contribution in [-0.2, 0) is 16.0 Å². The van der Waals surface area contributed by atoms with Crippen LogP contribution < -0.4 is 0 Å². The number of likely N-dealkylation sites (tertiary alicyclic amines) is 1. The van der Waals surface area contributed by atoms with Crippen LogP contribution >= 0.6 is 11.3 Å². The number of amides is 1. The van der Waals surface area contributed by atoms with Crippen molar-refractivity contribution in [2.45, 2.75) is 43.9 Å². The van der Waals surface area contributed by atoms with Crippen LogP contribution in [0.25, 0.3) is 21.6 Å². The van der Waals surface area contributed by atoms with E-state index in [-0.39, 0.29) is 12.5 Å². The van der Waals surface area contributed by atoms with Gasteiger partial charge in [0.05, 0.1) is 6.04 Å². The van der Waals surface area contributed by atoms with Gasteiger partial charge in [-0.05, 0) is 65.1 Å². The largest absolute Gasteiger partial charge is 0.382 e. The number of aryl methyl sites for hydroxylation is 1. The third-order valence-corrected chi connectivity index (χ3v) is 8.10. The molecule has 3 atom stereocenters. The minimum absolute atomic E-state index is 0.0359. The SMILES string of the molecule is O=C(CCc1ccc(-c2sccc2-c2ccncc2)cc1)[C@H](O)[C@@H](O)C(=O)N1CCCC1c1ccccc1. The molecule has 2 N–H and O–H groups in total. The van der Waals surface area contributed by atoms with Crippen LogP contribution in [0.4, 0.5) is 0 Å². The van der Waals surface area contributed by atoms with Crippen molar-refractivity contribution in [2.24, 2.45) is 0 Å². The molecule has 7 heteroatoms. The van der Waals surface area contributed by atoms with Crippen LogP contribution in [0, 0.1) is 0 Å². The monoisotopic (exact) mass is 526 g/mol.